The Morgan fingerprint density at radius 2 is 0.849 bits per heavy atom. The molecule has 0 amide bonds. The summed E-state index contributed by atoms with van der Waals surface area (Å²) in [6, 6.07) is 0.620. The zero-order chi connectivity index (χ0) is 86.8. The summed E-state index contributed by atoms with van der Waals surface area (Å²) in [7, 11) is 25.0. The molecule has 2 N–H and O–H groups in total. The molecule has 6 saturated heterocycles. The largest absolute Gasteiger partial charge is 0.870 e. The van der Waals surface area contributed by atoms with Gasteiger partial charge in [0.2, 0.25) is 0 Å². The molecule has 53 heteroatoms. The van der Waals surface area contributed by atoms with Crippen LogP contribution in [0.4, 0.5) is 0 Å². The van der Waals surface area contributed by atoms with E-state index in [4.69, 9.17) is 162 Å². The van der Waals surface area contributed by atoms with E-state index in [1.807, 2.05) is 103 Å². The number of phosphoric acid groups is 4. The van der Waals surface area contributed by atoms with Crippen molar-refractivity contribution in [3.8, 4) is 18.2 Å². The van der Waals surface area contributed by atoms with Gasteiger partial charge in [0.25, 0.3) is 15.6 Å². The molecule has 0 spiro atoms. The predicted octanol–water partition coefficient (Wildman–Crippen LogP) is -1.14. The Hall–Kier alpha value is 1.20. The smallest absolute Gasteiger partial charge is 0.268 e. The number of hydrogen-bond donors (Lipinski definition) is 1. The van der Waals surface area contributed by atoms with E-state index in [0.717, 1.165) is 0 Å². The molecule has 119 heavy (non-hydrogen) atoms. The molecule has 7 aliphatic rings. The standard InChI is InChI=1S/C18H27B2N2O8P.C15H28B2O8P.C9H12BNO2.2C8H16BO6P.C8H14BO3.H2O.4W/c1-10(2)25-6-14-16(18(8-21,9-22)17(20)29-14)30-31(23,24)26-7-13-12(27-11(3)4)5-15(19)28-13;1-10(2)20-6-12(22-9-16)7-23-26(18,19)25-13-5-15(17)24-14(13)8-21-11(3)4;1-6(2)12-5-8-3-7(4-11)9(10)13-8;2*1-5(2)14-6-3-8(9)15-7(6)4-13-16(10,11)12;1-5(2)11-4-7-6(10)3-8(9)12-7;;;;;/h10-17H,5-7H2,1-4H3,(H,23,24);5,10-15H,6-9H2,1-4H3,(H,18,19);3,6,8-9H,5H2,1-2H3;2*5-8H,3-4H2,1-2H3,(H2,10,11,12);3,5-8,10H,4H2,1-2H3;1H2;;;;/q;-1;;;;-1;;;;;/p-7/t12-,13-,14-,15-,16+,17-;12-,13+,14+,15+;8-,9+;3*6-,7-,8-;;;;;/m100111...../s1. The van der Waals surface area contributed by atoms with Gasteiger partial charge in [-0.1, -0.05) is 12.0 Å². The summed E-state index contributed by atoms with van der Waals surface area (Å²) >= 11 is 0. The summed E-state index contributed by atoms with van der Waals surface area (Å²) < 4.78 is 160. The van der Waals surface area contributed by atoms with Crippen LogP contribution in [0.25, 0.3) is 0 Å². The fraction of sp³-hybridized carbons (Fsp3) is 0.894. The van der Waals surface area contributed by atoms with Gasteiger partial charge < -0.3 is 152 Å². The van der Waals surface area contributed by atoms with Crippen molar-refractivity contribution in [1.29, 1.82) is 15.8 Å². The van der Waals surface area contributed by atoms with Crippen molar-refractivity contribution in [2.45, 2.75) is 306 Å². The molecule has 0 aromatic carbocycles. The first-order valence-corrected chi connectivity index (χ1v) is 42.9. The van der Waals surface area contributed by atoms with Crippen LogP contribution in [0.3, 0.4) is 0 Å². The summed E-state index contributed by atoms with van der Waals surface area (Å²) in [5, 5.41) is 37.1. The van der Waals surface area contributed by atoms with E-state index in [2.05, 4.69) is 9.05 Å². The molecule has 0 saturated carbocycles. The molecule has 6 fully saturated rings. The van der Waals surface area contributed by atoms with Crippen LogP contribution < -0.4 is 29.4 Å². The molecule has 7 rings (SSSR count). The molecule has 16 radical (unpaired) electrons. The molecule has 0 aromatic rings. The van der Waals surface area contributed by atoms with Gasteiger partial charge in [-0.05, 0) is 148 Å². The average Bonchev–Trinajstić information content (AvgIpc) is 1.61. The Labute approximate surface area is 769 Å². The van der Waals surface area contributed by atoms with E-state index in [1.165, 1.54) is 6.42 Å². The third-order valence-corrected chi connectivity index (χ3v) is 18.5. The monoisotopic (exact) mass is 2430 g/mol. The Morgan fingerprint density at radius 1 is 0.471 bits per heavy atom. The van der Waals surface area contributed by atoms with Crippen molar-refractivity contribution in [2.75, 3.05) is 66.0 Å². The summed E-state index contributed by atoms with van der Waals surface area (Å²) in [5.41, 5.74) is -1.58. The van der Waals surface area contributed by atoms with Crippen LogP contribution in [0.1, 0.15) is 130 Å². The Kier molecular flexibility index (Phi) is 67.3. The van der Waals surface area contributed by atoms with Crippen LogP contribution >= 0.6 is 31.3 Å². The van der Waals surface area contributed by atoms with Crippen LogP contribution in [-0.2, 0) is 205 Å². The van der Waals surface area contributed by atoms with Gasteiger partial charge in [-0.2, -0.15) is 15.8 Å². The number of hydrogen-bond acceptors (Lipinski definition) is 37. The van der Waals surface area contributed by atoms with Crippen LogP contribution in [0.2, 0.25) is 0 Å². The van der Waals surface area contributed by atoms with Crippen LogP contribution in [0.5, 0.6) is 0 Å². The van der Waals surface area contributed by atoms with E-state index in [0.29, 0.717) is 38.0 Å². The van der Waals surface area contributed by atoms with Crippen molar-refractivity contribution in [3.63, 3.8) is 0 Å². The van der Waals surface area contributed by atoms with Gasteiger partial charge in [-0.15, -0.1) is 0 Å². The number of nitrogens with zero attached hydrogens (tertiary/aromatic N) is 3. The fourth-order valence-corrected chi connectivity index (χ4v) is 13.3. The number of aliphatic hydroxyl groups is 1. The van der Waals surface area contributed by atoms with Gasteiger partial charge in [-0.3, -0.25) is 22.0 Å². The van der Waals surface area contributed by atoms with Crippen LogP contribution in [0, 0.1) is 52.2 Å². The molecule has 7 heterocycles. The van der Waals surface area contributed by atoms with Gasteiger partial charge in [0.1, 0.15) is 89.8 Å². The maximum absolute atomic E-state index is 12.6. The van der Waals surface area contributed by atoms with Crippen LogP contribution in [-0.4, -0.2) is 316 Å². The summed E-state index contributed by atoms with van der Waals surface area (Å²) in [6.07, 6.45) is -3.15. The van der Waals surface area contributed by atoms with E-state index >= 15 is 0 Å². The van der Waals surface area contributed by atoms with Crippen molar-refractivity contribution >= 4 is 94.1 Å². The zero-order valence-electron chi connectivity index (χ0n) is 69.5. The van der Waals surface area contributed by atoms with Gasteiger partial charge in [0, 0.05) is 114 Å². The fourth-order valence-electron chi connectivity index (χ4n) is 10.7. The van der Waals surface area contributed by atoms with Crippen LogP contribution in [0.15, 0.2) is 11.6 Å². The quantitative estimate of drug-likeness (QED) is 0.0432. The van der Waals surface area contributed by atoms with Crippen molar-refractivity contribution < 1.29 is 245 Å². The third-order valence-electron chi connectivity index (χ3n) is 15.7. The number of aliphatic hydroxyl groups excluding tert-OH is 1. The molecule has 0 bridgehead atoms. The molecule has 0 aliphatic carbocycles. The predicted molar refractivity (Wildman–Crippen MR) is 404 cm³/mol. The molecule has 37 nitrogen and oxygen atoms in total. The normalized spacial score (nSPS) is 29.9. The summed E-state index contributed by atoms with van der Waals surface area (Å²) in [5.74, 6) is 0. The number of ether oxygens (including phenoxy) is 16. The Balaban J connectivity index is -0.000000683. The van der Waals surface area contributed by atoms with Gasteiger partial charge in [-0.25, -0.2) is 0 Å². The maximum Gasteiger partial charge on any atom is 0.268 e. The second-order valence-corrected chi connectivity index (χ2v) is 33.7. The van der Waals surface area contributed by atoms with E-state index < -0.39 is 146 Å². The van der Waals surface area contributed by atoms with Gasteiger partial charge in [0.15, 0.2) is 5.41 Å². The topological polar surface area (TPSA) is 531 Å². The molecule has 7 aliphatic heterocycles. The minimum absolute atomic E-state index is 0. The molecule has 23 atom stereocenters. The average molecular weight is 2430 g/mol. The van der Waals surface area contributed by atoms with E-state index in [-0.39, 0.29) is 209 Å². The summed E-state index contributed by atoms with van der Waals surface area (Å²) in [4.78, 5) is 66.0. The first kappa shape index (κ1) is 126. The number of nitriles is 3. The second-order valence-electron chi connectivity index (χ2n) is 28.6. The van der Waals surface area contributed by atoms with Crippen molar-refractivity contribution in [1.82, 2.24) is 0 Å². The number of phosphoric ester groups is 4. The minimum Gasteiger partial charge on any atom is -0.870 e. The first-order valence-electron chi connectivity index (χ1n) is 37.0. The molecule has 2 unspecified atom stereocenters. The van der Waals surface area contributed by atoms with Crippen molar-refractivity contribution in [3.05, 3.63) is 24.5 Å². The Morgan fingerprint density at radius 3 is 1.21 bits per heavy atom. The molecular weight excluding hydrogens is 2320 g/mol. The molecular formula is C66H108B8N3O34P4W4-9. The SMILES string of the molecule is [B]CO[C@@H](COC(C)C)COP(=O)([O-])O[C@@H]1[CH-][C@H]([B])O[C@@H]1COC(C)C.[B][C@@H]1O[C@H](COC(C)C)C=C1C#N.[B][C@@H]1O[C@H](COC(C)C)[C@H](OP(=O)([O-])OC[C@H]2O[C@@H]([B])C[C@H]2OC(C)C)C1(C#N)C#N.[B][C@H]1C[C@@H](OC(C)C)[C@@H](COP(=O)([O-])[O-])O1.[B][C@H]1C[C@@H](OC(C)C)[C@@H](COP(=O)([O-])[O-])O1.[B][C@H]1[CH-][C@@H](O)[C@@H](COC(C)C)O1.[OH-].[W].[W].[W].[W]. The van der Waals surface area contributed by atoms with E-state index in [1.54, 1.807) is 38.5 Å². The third kappa shape index (κ3) is 53.3. The van der Waals surface area contributed by atoms with E-state index in [9.17, 15) is 63.3 Å². The van der Waals surface area contributed by atoms with Gasteiger partial charge >= 0.3 is 0 Å². The summed E-state index contributed by atoms with van der Waals surface area (Å²) in [6.45, 7) is 29.2. The molecule has 668 valence electrons. The maximum atomic E-state index is 12.6. The van der Waals surface area contributed by atoms with Crippen molar-refractivity contribution in [2.24, 2.45) is 5.41 Å². The zero-order valence-corrected chi connectivity index (χ0v) is 84.8. The molecule has 0 aromatic heterocycles. The second kappa shape index (κ2) is 63.3. The minimum atomic E-state index is -5.01. The first-order chi connectivity index (χ1) is 52.8. The number of rotatable bonds is 39. The Bertz CT molecular complexity index is 3030. The van der Waals surface area contributed by atoms with Gasteiger partial charge in [0.05, 0.1) is 200 Å².